The van der Waals surface area contributed by atoms with Crippen molar-refractivity contribution >= 4 is 23.8 Å². The molecule has 6 rings (SSSR count). The number of allylic oxidation sites excluding steroid dienone is 2. The molecule has 4 aliphatic carbocycles. The number of carbonyl (C=O) groups is 3. The van der Waals surface area contributed by atoms with Crippen molar-refractivity contribution in [2.45, 2.75) is 6.42 Å². The molecule has 0 N–H and O–H groups in total. The third-order valence-electron chi connectivity index (χ3n) is 5.95. The van der Waals surface area contributed by atoms with Crippen LogP contribution in [-0.4, -0.2) is 18.1 Å². The lowest BCUT2D eigenvalue weighted by molar-refractivity contribution is -0.124. The monoisotopic (exact) mass is 293 g/mol. The Morgan fingerprint density at radius 3 is 1.95 bits per heavy atom. The van der Waals surface area contributed by atoms with E-state index in [1.165, 1.54) is 11.3 Å². The van der Waals surface area contributed by atoms with Crippen LogP contribution in [0.2, 0.25) is 0 Å². The molecule has 6 atom stereocenters. The first-order chi connectivity index (χ1) is 10.7. The fourth-order valence-corrected chi connectivity index (χ4v) is 4.91. The van der Waals surface area contributed by atoms with Crippen molar-refractivity contribution in [2.24, 2.45) is 35.5 Å². The lowest BCUT2D eigenvalue weighted by Gasteiger charge is -2.37. The minimum Gasteiger partial charge on any atom is -0.298 e. The zero-order chi connectivity index (χ0) is 15.0. The summed E-state index contributed by atoms with van der Waals surface area (Å²) in [5, 5.41) is 0. The first-order valence-corrected chi connectivity index (χ1v) is 7.82. The van der Waals surface area contributed by atoms with Crippen molar-refractivity contribution in [2.75, 3.05) is 4.90 Å². The maximum absolute atomic E-state index is 12.9. The number of imide groups is 1. The molecule has 2 amide bonds. The molecule has 2 saturated carbocycles. The van der Waals surface area contributed by atoms with Crippen LogP contribution in [0.5, 0.6) is 0 Å². The molecule has 3 fully saturated rings. The van der Waals surface area contributed by atoms with Crippen LogP contribution >= 0.6 is 0 Å². The van der Waals surface area contributed by atoms with Gasteiger partial charge in [0.05, 0.1) is 17.5 Å². The number of carbonyl (C=O) groups excluding carboxylic acids is 3. The Balaban J connectivity index is 1.55. The van der Waals surface area contributed by atoms with Gasteiger partial charge in [-0.2, -0.15) is 0 Å². The molecule has 0 spiro atoms. The number of amides is 2. The van der Waals surface area contributed by atoms with Crippen molar-refractivity contribution in [3.8, 4) is 0 Å². The van der Waals surface area contributed by atoms with E-state index in [1.807, 2.05) is 0 Å². The average Bonchev–Trinajstić information content (AvgIpc) is 3.32. The normalized spacial score (nSPS) is 40.6. The summed E-state index contributed by atoms with van der Waals surface area (Å²) in [4.78, 5) is 37.8. The highest BCUT2D eigenvalue weighted by Gasteiger charge is 2.67. The van der Waals surface area contributed by atoms with Gasteiger partial charge >= 0.3 is 0 Å². The molecule has 0 unspecified atom stereocenters. The molecule has 4 heteroatoms. The van der Waals surface area contributed by atoms with Crippen molar-refractivity contribution in [1.29, 1.82) is 0 Å². The van der Waals surface area contributed by atoms with Gasteiger partial charge in [-0.25, -0.2) is 0 Å². The summed E-state index contributed by atoms with van der Waals surface area (Å²) in [6.07, 6.45) is 6.27. The van der Waals surface area contributed by atoms with Crippen LogP contribution in [0.25, 0.3) is 0 Å². The standard InChI is InChI=1S/C18H15NO3/c20-8-9-1-3-10(4-2-9)19-17(21)15-11-5-6-12(14-7-13(11)14)16(15)18(19)22/h1-6,8,11-16H,7H2/t11-,12+,13+,14-,15-,16+. The summed E-state index contributed by atoms with van der Waals surface area (Å²) in [5.41, 5.74) is 1.13. The van der Waals surface area contributed by atoms with Crippen molar-refractivity contribution in [1.82, 2.24) is 0 Å². The predicted molar refractivity (Wildman–Crippen MR) is 79.0 cm³/mol. The van der Waals surface area contributed by atoms with Crippen LogP contribution < -0.4 is 4.90 Å². The second-order valence-electron chi connectivity index (χ2n) is 6.88. The maximum Gasteiger partial charge on any atom is 0.238 e. The van der Waals surface area contributed by atoms with Crippen LogP contribution in [0.3, 0.4) is 0 Å². The van der Waals surface area contributed by atoms with E-state index in [1.54, 1.807) is 24.3 Å². The second kappa shape index (κ2) is 3.94. The zero-order valence-corrected chi connectivity index (χ0v) is 11.9. The van der Waals surface area contributed by atoms with E-state index < -0.39 is 0 Å². The average molecular weight is 293 g/mol. The molecule has 1 saturated heterocycles. The molecule has 0 aromatic heterocycles. The maximum atomic E-state index is 12.9. The Morgan fingerprint density at radius 1 is 0.909 bits per heavy atom. The molecule has 5 aliphatic rings. The largest absolute Gasteiger partial charge is 0.298 e. The van der Waals surface area contributed by atoms with Gasteiger partial charge in [0.2, 0.25) is 11.8 Å². The van der Waals surface area contributed by atoms with Crippen molar-refractivity contribution in [3.05, 3.63) is 42.0 Å². The van der Waals surface area contributed by atoms with Crippen LogP contribution in [0.4, 0.5) is 5.69 Å². The molecule has 4 nitrogen and oxygen atoms in total. The summed E-state index contributed by atoms with van der Waals surface area (Å²) < 4.78 is 0. The van der Waals surface area contributed by atoms with Gasteiger partial charge in [0.25, 0.3) is 0 Å². The van der Waals surface area contributed by atoms with E-state index in [0.29, 0.717) is 23.1 Å². The number of aldehydes is 1. The first-order valence-electron chi connectivity index (χ1n) is 7.82. The van der Waals surface area contributed by atoms with Gasteiger partial charge in [0, 0.05) is 5.56 Å². The van der Waals surface area contributed by atoms with E-state index in [9.17, 15) is 14.4 Å². The van der Waals surface area contributed by atoms with E-state index in [2.05, 4.69) is 12.2 Å². The molecule has 2 bridgehead atoms. The Hall–Kier alpha value is -2.23. The summed E-state index contributed by atoms with van der Waals surface area (Å²) in [6, 6.07) is 6.67. The van der Waals surface area contributed by atoms with Crippen LogP contribution in [0.15, 0.2) is 36.4 Å². The van der Waals surface area contributed by atoms with Gasteiger partial charge in [-0.05, 0) is 54.4 Å². The minimum atomic E-state index is -0.169. The fraction of sp³-hybridized carbons (Fsp3) is 0.389. The van der Waals surface area contributed by atoms with Crippen molar-refractivity contribution in [3.63, 3.8) is 0 Å². The molecule has 1 aliphatic heterocycles. The lowest BCUT2D eigenvalue weighted by atomic mass is 9.63. The van der Waals surface area contributed by atoms with Gasteiger partial charge in [-0.1, -0.05) is 12.2 Å². The van der Waals surface area contributed by atoms with Gasteiger partial charge < -0.3 is 0 Å². The number of nitrogens with zero attached hydrogens (tertiary/aromatic N) is 1. The molecule has 110 valence electrons. The summed E-state index contributed by atoms with van der Waals surface area (Å²) in [7, 11) is 0. The number of rotatable bonds is 2. The summed E-state index contributed by atoms with van der Waals surface area (Å²) >= 11 is 0. The second-order valence-corrected chi connectivity index (χ2v) is 6.88. The van der Waals surface area contributed by atoms with Crippen LogP contribution in [0.1, 0.15) is 16.8 Å². The van der Waals surface area contributed by atoms with Gasteiger partial charge in [-0.3, -0.25) is 19.3 Å². The van der Waals surface area contributed by atoms with E-state index in [0.717, 1.165) is 6.29 Å². The lowest BCUT2D eigenvalue weighted by Crippen LogP contribution is -2.40. The molecule has 1 aromatic rings. The number of hydrogen-bond acceptors (Lipinski definition) is 3. The van der Waals surface area contributed by atoms with Crippen molar-refractivity contribution < 1.29 is 14.4 Å². The molecule has 1 heterocycles. The summed E-state index contributed by atoms with van der Waals surface area (Å²) in [5.74, 6) is 1.27. The zero-order valence-electron chi connectivity index (χ0n) is 11.9. The Kier molecular flexibility index (Phi) is 2.21. The SMILES string of the molecule is O=Cc1ccc(N2C(=O)[C@@H]3[C@@H]4C=C[C@@H]([C@H]5C[C@@H]45)[C@@H]3C2=O)cc1. The third kappa shape index (κ3) is 1.35. The third-order valence-corrected chi connectivity index (χ3v) is 5.95. The van der Waals surface area contributed by atoms with Gasteiger partial charge in [-0.15, -0.1) is 0 Å². The number of hydrogen-bond donors (Lipinski definition) is 0. The first kappa shape index (κ1) is 12.3. The van der Waals surface area contributed by atoms with Gasteiger partial charge in [0.1, 0.15) is 6.29 Å². The van der Waals surface area contributed by atoms with Gasteiger partial charge in [0.15, 0.2) is 0 Å². The van der Waals surface area contributed by atoms with Crippen LogP contribution in [0, 0.1) is 35.5 Å². The quantitative estimate of drug-likeness (QED) is 0.476. The van der Waals surface area contributed by atoms with E-state index >= 15 is 0 Å². The highest BCUT2D eigenvalue weighted by atomic mass is 16.2. The Bertz CT molecular complexity index is 699. The number of benzene rings is 1. The highest BCUT2D eigenvalue weighted by Crippen LogP contribution is 2.65. The predicted octanol–water partition coefficient (Wildman–Crippen LogP) is 2.06. The minimum absolute atomic E-state index is 0.0569. The highest BCUT2D eigenvalue weighted by molar-refractivity contribution is 6.22. The molecule has 0 radical (unpaired) electrons. The molecule has 1 aromatic carbocycles. The van der Waals surface area contributed by atoms with Crippen LogP contribution in [-0.2, 0) is 9.59 Å². The van der Waals surface area contributed by atoms with E-state index in [4.69, 9.17) is 0 Å². The Morgan fingerprint density at radius 2 is 1.45 bits per heavy atom. The van der Waals surface area contributed by atoms with E-state index in [-0.39, 0.29) is 35.5 Å². The number of anilines is 1. The Labute approximate surface area is 127 Å². The molecular weight excluding hydrogens is 278 g/mol. The smallest absolute Gasteiger partial charge is 0.238 e. The molecule has 22 heavy (non-hydrogen) atoms. The summed E-state index contributed by atoms with van der Waals surface area (Å²) in [6.45, 7) is 0. The fourth-order valence-electron chi connectivity index (χ4n) is 4.91. The molecular formula is C18H15NO3. The topological polar surface area (TPSA) is 54.5 Å².